The fraction of sp³-hybridized carbons (Fsp3) is 0.500. The lowest BCUT2D eigenvalue weighted by atomic mass is 9.89. The minimum absolute atomic E-state index is 0.148. The number of nitrogens with zero attached hydrogens (tertiary/aromatic N) is 1. The second-order valence-electron chi connectivity index (χ2n) is 3.57. The van der Waals surface area contributed by atoms with Gasteiger partial charge in [0.2, 0.25) is 0 Å². The minimum Gasteiger partial charge on any atom is -0.322 e. The van der Waals surface area contributed by atoms with Crippen LogP contribution in [0.25, 0.3) is 0 Å². The van der Waals surface area contributed by atoms with Gasteiger partial charge in [-0.2, -0.15) is 5.26 Å². The topological polar surface area (TPSA) is 49.8 Å². The van der Waals surface area contributed by atoms with Crippen LogP contribution < -0.4 is 5.73 Å². The molecule has 1 heterocycles. The molecule has 2 unspecified atom stereocenters. The van der Waals surface area contributed by atoms with Gasteiger partial charge in [0.15, 0.2) is 0 Å². The van der Waals surface area contributed by atoms with Crippen LogP contribution in [0.3, 0.4) is 0 Å². The minimum atomic E-state index is -0.225. The number of rotatable bonds is 3. The fourth-order valence-corrected chi connectivity index (χ4v) is 2.44. The van der Waals surface area contributed by atoms with E-state index in [2.05, 4.69) is 6.07 Å². The van der Waals surface area contributed by atoms with Crippen molar-refractivity contribution in [1.82, 2.24) is 0 Å². The SMILES string of the molecule is CC(C)C(C#N)C(N)c1ccc(Cl)s1. The molecule has 76 valence electrons. The third-order valence-electron chi connectivity index (χ3n) is 2.18. The van der Waals surface area contributed by atoms with Crippen LogP contribution in [0.4, 0.5) is 0 Å². The normalized spacial score (nSPS) is 15.1. The Morgan fingerprint density at radius 3 is 2.50 bits per heavy atom. The second kappa shape index (κ2) is 4.79. The standard InChI is InChI=1S/C10H13ClN2S/c1-6(2)7(5-12)10(13)8-3-4-9(11)14-8/h3-4,6-7,10H,13H2,1-2H3. The highest BCUT2D eigenvalue weighted by Crippen LogP contribution is 2.32. The summed E-state index contributed by atoms with van der Waals surface area (Å²) >= 11 is 7.26. The summed E-state index contributed by atoms with van der Waals surface area (Å²) in [6, 6.07) is 5.73. The molecule has 0 amide bonds. The molecule has 1 rings (SSSR count). The van der Waals surface area contributed by atoms with Crippen molar-refractivity contribution in [3.8, 4) is 6.07 Å². The molecule has 4 heteroatoms. The maximum atomic E-state index is 8.98. The first-order valence-electron chi connectivity index (χ1n) is 4.46. The average molecular weight is 229 g/mol. The molecule has 1 aromatic heterocycles. The van der Waals surface area contributed by atoms with Crippen molar-refractivity contribution >= 4 is 22.9 Å². The maximum absolute atomic E-state index is 8.98. The molecule has 0 saturated carbocycles. The van der Waals surface area contributed by atoms with Gasteiger partial charge in [-0.25, -0.2) is 0 Å². The van der Waals surface area contributed by atoms with E-state index >= 15 is 0 Å². The Kier molecular flexibility index (Phi) is 3.94. The lowest BCUT2D eigenvalue weighted by Crippen LogP contribution is -2.23. The van der Waals surface area contributed by atoms with Crippen LogP contribution in [0.1, 0.15) is 24.8 Å². The van der Waals surface area contributed by atoms with Crippen molar-refractivity contribution in [1.29, 1.82) is 5.26 Å². The van der Waals surface area contributed by atoms with Gasteiger partial charge in [-0.05, 0) is 18.1 Å². The van der Waals surface area contributed by atoms with Crippen LogP contribution in [-0.2, 0) is 0 Å². The molecular formula is C10H13ClN2S. The highest BCUT2D eigenvalue weighted by atomic mass is 35.5. The third-order valence-corrected chi connectivity index (χ3v) is 3.51. The van der Waals surface area contributed by atoms with Gasteiger partial charge in [-0.15, -0.1) is 11.3 Å². The van der Waals surface area contributed by atoms with E-state index in [-0.39, 0.29) is 17.9 Å². The average Bonchev–Trinajstić information content (AvgIpc) is 2.52. The van der Waals surface area contributed by atoms with Crippen LogP contribution >= 0.6 is 22.9 Å². The molecule has 1 aromatic rings. The summed E-state index contributed by atoms with van der Waals surface area (Å²) in [6.45, 7) is 4.01. The Balaban J connectivity index is 2.84. The molecule has 0 fully saturated rings. The lowest BCUT2D eigenvalue weighted by molar-refractivity contribution is 0.407. The van der Waals surface area contributed by atoms with E-state index in [9.17, 15) is 0 Å². The Morgan fingerprint density at radius 2 is 2.14 bits per heavy atom. The van der Waals surface area contributed by atoms with Crippen LogP contribution in [-0.4, -0.2) is 0 Å². The number of halogens is 1. The van der Waals surface area contributed by atoms with E-state index in [0.29, 0.717) is 0 Å². The van der Waals surface area contributed by atoms with Gasteiger partial charge in [0.1, 0.15) is 0 Å². The number of nitriles is 1. The fourth-order valence-electron chi connectivity index (χ4n) is 1.33. The molecular weight excluding hydrogens is 216 g/mol. The van der Waals surface area contributed by atoms with Crippen LogP contribution in [0.5, 0.6) is 0 Å². The molecule has 0 bridgehead atoms. The maximum Gasteiger partial charge on any atom is 0.0931 e. The lowest BCUT2D eigenvalue weighted by Gasteiger charge is -2.19. The zero-order chi connectivity index (χ0) is 10.7. The zero-order valence-corrected chi connectivity index (χ0v) is 9.77. The van der Waals surface area contributed by atoms with Gasteiger partial charge < -0.3 is 5.73 Å². The first kappa shape index (κ1) is 11.5. The van der Waals surface area contributed by atoms with Gasteiger partial charge >= 0.3 is 0 Å². The highest BCUT2D eigenvalue weighted by molar-refractivity contribution is 7.16. The summed E-state index contributed by atoms with van der Waals surface area (Å²) < 4.78 is 0.718. The van der Waals surface area contributed by atoms with Crippen LogP contribution in [0, 0.1) is 23.2 Å². The summed E-state index contributed by atoms with van der Waals surface area (Å²) in [6.07, 6.45) is 0. The first-order valence-corrected chi connectivity index (χ1v) is 5.66. The second-order valence-corrected chi connectivity index (χ2v) is 5.31. The van der Waals surface area contributed by atoms with Gasteiger partial charge in [0.25, 0.3) is 0 Å². The van der Waals surface area contributed by atoms with E-state index in [4.69, 9.17) is 22.6 Å². The quantitative estimate of drug-likeness (QED) is 0.864. The molecule has 2 N–H and O–H groups in total. The number of nitrogens with two attached hydrogens (primary N) is 1. The van der Waals surface area contributed by atoms with Crippen molar-refractivity contribution < 1.29 is 0 Å². The summed E-state index contributed by atoms with van der Waals surface area (Å²) in [4.78, 5) is 0.982. The van der Waals surface area contributed by atoms with Crippen molar-refractivity contribution in [3.63, 3.8) is 0 Å². The van der Waals surface area contributed by atoms with Gasteiger partial charge in [0, 0.05) is 4.88 Å². The number of thiophene rings is 1. The first-order chi connectivity index (χ1) is 6.56. The molecule has 0 spiro atoms. The van der Waals surface area contributed by atoms with Crippen molar-refractivity contribution in [2.75, 3.05) is 0 Å². The van der Waals surface area contributed by atoms with Gasteiger partial charge in [-0.1, -0.05) is 25.4 Å². The van der Waals surface area contributed by atoms with Gasteiger partial charge in [0.05, 0.1) is 22.4 Å². The number of hydrogen-bond donors (Lipinski definition) is 1. The molecule has 0 aliphatic heterocycles. The van der Waals surface area contributed by atoms with E-state index < -0.39 is 0 Å². The van der Waals surface area contributed by atoms with E-state index in [1.807, 2.05) is 26.0 Å². The zero-order valence-electron chi connectivity index (χ0n) is 8.20. The van der Waals surface area contributed by atoms with Gasteiger partial charge in [-0.3, -0.25) is 0 Å². The van der Waals surface area contributed by atoms with E-state index in [1.54, 1.807) is 0 Å². The Bertz CT molecular complexity index is 340. The van der Waals surface area contributed by atoms with Crippen molar-refractivity contribution in [3.05, 3.63) is 21.3 Å². The predicted molar refractivity (Wildman–Crippen MR) is 60.2 cm³/mol. The molecule has 0 radical (unpaired) electrons. The smallest absolute Gasteiger partial charge is 0.0931 e. The van der Waals surface area contributed by atoms with Crippen LogP contribution in [0.2, 0.25) is 4.34 Å². The predicted octanol–water partition coefficient (Wildman–Crippen LogP) is 3.20. The highest BCUT2D eigenvalue weighted by Gasteiger charge is 2.23. The molecule has 14 heavy (non-hydrogen) atoms. The largest absolute Gasteiger partial charge is 0.322 e. The third kappa shape index (κ3) is 2.48. The van der Waals surface area contributed by atoms with Crippen LogP contribution in [0.15, 0.2) is 12.1 Å². The molecule has 0 saturated heterocycles. The monoisotopic (exact) mass is 228 g/mol. The number of hydrogen-bond acceptors (Lipinski definition) is 3. The summed E-state index contributed by atoms with van der Waals surface area (Å²) in [5.74, 6) is 0.112. The van der Waals surface area contributed by atoms with Crippen molar-refractivity contribution in [2.45, 2.75) is 19.9 Å². The summed E-state index contributed by atoms with van der Waals surface area (Å²) in [7, 11) is 0. The van der Waals surface area contributed by atoms with E-state index in [0.717, 1.165) is 9.21 Å². The summed E-state index contributed by atoms with van der Waals surface area (Å²) in [5.41, 5.74) is 5.99. The molecule has 0 aliphatic carbocycles. The Hall–Kier alpha value is -0.560. The summed E-state index contributed by atoms with van der Waals surface area (Å²) in [5, 5.41) is 8.98. The molecule has 2 atom stereocenters. The Morgan fingerprint density at radius 1 is 1.50 bits per heavy atom. The molecule has 2 nitrogen and oxygen atoms in total. The van der Waals surface area contributed by atoms with E-state index in [1.165, 1.54) is 11.3 Å². The Labute approximate surface area is 93.3 Å². The molecule has 0 aliphatic rings. The van der Waals surface area contributed by atoms with Crippen molar-refractivity contribution in [2.24, 2.45) is 17.6 Å². The molecule has 0 aromatic carbocycles.